The Hall–Kier alpha value is -3.83. The summed E-state index contributed by atoms with van der Waals surface area (Å²) in [5, 5.41) is 0.561. The lowest BCUT2D eigenvalue weighted by Gasteiger charge is -2.17. The van der Waals surface area contributed by atoms with E-state index in [0.29, 0.717) is 28.8 Å². The zero-order chi connectivity index (χ0) is 23.4. The molecule has 0 atom stereocenters. The molecule has 33 heavy (non-hydrogen) atoms. The second kappa shape index (κ2) is 9.76. The van der Waals surface area contributed by atoms with Crippen LogP contribution in [0.15, 0.2) is 95.7 Å². The van der Waals surface area contributed by atoms with Gasteiger partial charge in [0.05, 0.1) is 18.3 Å². The maximum atomic E-state index is 13.3. The normalized spacial score (nSPS) is 14.7. The van der Waals surface area contributed by atoms with Crippen molar-refractivity contribution in [3.63, 3.8) is 0 Å². The van der Waals surface area contributed by atoms with Crippen LogP contribution in [0, 0.1) is 0 Å². The first-order valence-electron chi connectivity index (χ1n) is 10.4. The summed E-state index contributed by atoms with van der Waals surface area (Å²) in [7, 11) is 1.30. The predicted octanol–water partition coefficient (Wildman–Crippen LogP) is 5.80. The van der Waals surface area contributed by atoms with Gasteiger partial charge in [0.15, 0.2) is 0 Å². The number of methoxy groups -OCH3 is 1. The van der Waals surface area contributed by atoms with E-state index in [1.807, 2.05) is 54.6 Å². The van der Waals surface area contributed by atoms with Crippen molar-refractivity contribution in [3.05, 3.63) is 112 Å². The number of carbonyl (C=O) groups is 2. The van der Waals surface area contributed by atoms with Gasteiger partial charge >= 0.3 is 5.97 Å². The average Bonchev–Trinajstić information content (AvgIpc) is 3.08. The van der Waals surface area contributed by atoms with Crippen LogP contribution < -0.4 is 9.64 Å². The summed E-state index contributed by atoms with van der Waals surface area (Å²) < 4.78 is 10.8. The largest absolute Gasteiger partial charge is 0.489 e. The summed E-state index contributed by atoms with van der Waals surface area (Å²) in [6, 6.07) is 24.1. The maximum Gasteiger partial charge on any atom is 0.340 e. The molecule has 0 fully saturated rings. The number of rotatable bonds is 6. The summed E-state index contributed by atoms with van der Waals surface area (Å²) >= 11 is 5.99. The minimum Gasteiger partial charge on any atom is -0.489 e. The highest BCUT2D eigenvalue weighted by molar-refractivity contribution is 6.30. The summed E-state index contributed by atoms with van der Waals surface area (Å²) in [6.07, 6.45) is 1.69. The molecule has 4 rings (SSSR count). The number of halogens is 1. The van der Waals surface area contributed by atoms with Crippen molar-refractivity contribution >= 4 is 35.2 Å². The molecule has 0 aromatic heterocycles. The Morgan fingerprint density at radius 3 is 2.27 bits per heavy atom. The first-order valence-corrected chi connectivity index (χ1v) is 10.7. The highest BCUT2D eigenvalue weighted by atomic mass is 35.5. The molecule has 0 bridgehead atoms. The fourth-order valence-corrected chi connectivity index (χ4v) is 3.77. The molecule has 5 nitrogen and oxygen atoms in total. The van der Waals surface area contributed by atoms with Gasteiger partial charge in [-0.05, 0) is 60.5 Å². The lowest BCUT2D eigenvalue weighted by atomic mass is 10.0. The van der Waals surface area contributed by atoms with Gasteiger partial charge in [-0.3, -0.25) is 9.69 Å². The molecule has 0 unspecified atom stereocenters. The van der Waals surface area contributed by atoms with E-state index in [-0.39, 0.29) is 17.1 Å². The molecule has 0 radical (unpaired) electrons. The SMILES string of the molecule is COC(=O)C1=C(C)N(c2ccc(Cl)cc2)C(=O)/C1=C\c1ccc(OCc2ccccc2)cc1. The van der Waals surface area contributed by atoms with Crippen molar-refractivity contribution in [3.8, 4) is 5.75 Å². The van der Waals surface area contributed by atoms with Crippen LogP contribution in [-0.2, 0) is 20.9 Å². The van der Waals surface area contributed by atoms with Gasteiger partial charge in [0, 0.05) is 16.4 Å². The standard InChI is InChI=1S/C27H22ClNO4/c1-18-25(27(31)32-2)24(26(30)29(18)22-12-10-21(28)11-13-22)16-19-8-14-23(15-9-19)33-17-20-6-4-3-5-7-20/h3-16H,17H2,1-2H3/b24-16-. The fourth-order valence-electron chi connectivity index (χ4n) is 3.65. The zero-order valence-corrected chi connectivity index (χ0v) is 19.0. The number of hydrogen-bond acceptors (Lipinski definition) is 4. The molecule has 0 spiro atoms. The first-order chi connectivity index (χ1) is 16.0. The van der Waals surface area contributed by atoms with Crippen LogP contribution in [0.25, 0.3) is 6.08 Å². The zero-order valence-electron chi connectivity index (χ0n) is 18.2. The van der Waals surface area contributed by atoms with Crippen molar-refractivity contribution in [1.29, 1.82) is 0 Å². The van der Waals surface area contributed by atoms with Crippen molar-refractivity contribution in [2.75, 3.05) is 12.0 Å². The maximum absolute atomic E-state index is 13.3. The molecule has 3 aromatic carbocycles. The van der Waals surface area contributed by atoms with Gasteiger partial charge in [-0.2, -0.15) is 0 Å². The fraction of sp³-hybridized carbons (Fsp3) is 0.111. The van der Waals surface area contributed by atoms with Crippen molar-refractivity contribution in [2.24, 2.45) is 0 Å². The molecule has 0 saturated heterocycles. The van der Waals surface area contributed by atoms with Crippen molar-refractivity contribution < 1.29 is 19.1 Å². The third-order valence-corrected chi connectivity index (χ3v) is 5.57. The minimum atomic E-state index is -0.564. The number of ether oxygens (including phenoxy) is 2. The Labute approximate surface area is 197 Å². The minimum absolute atomic E-state index is 0.238. The molecule has 0 aliphatic carbocycles. The number of amides is 1. The van der Waals surface area contributed by atoms with Gasteiger partial charge in [-0.1, -0.05) is 54.1 Å². The molecule has 166 valence electrons. The van der Waals surface area contributed by atoms with Crippen molar-refractivity contribution in [2.45, 2.75) is 13.5 Å². The Bertz CT molecular complexity index is 1230. The number of benzene rings is 3. The Balaban J connectivity index is 1.60. The molecule has 1 heterocycles. The molecule has 3 aromatic rings. The van der Waals surface area contributed by atoms with Gasteiger partial charge in [-0.15, -0.1) is 0 Å². The first kappa shape index (κ1) is 22.4. The molecule has 1 aliphatic heterocycles. The van der Waals surface area contributed by atoms with E-state index in [4.69, 9.17) is 21.1 Å². The topological polar surface area (TPSA) is 55.8 Å². The molecular formula is C27H22ClNO4. The number of esters is 1. The van der Waals surface area contributed by atoms with Crippen LogP contribution in [0.5, 0.6) is 5.75 Å². The smallest absolute Gasteiger partial charge is 0.340 e. The van der Waals surface area contributed by atoms with Gasteiger partial charge in [0.2, 0.25) is 0 Å². The summed E-state index contributed by atoms with van der Waals surface area (Å²) in [5.74, 6) is -0.160. The van der Waals surface area contributed by atoms with E-state index in [2.05, 4.69) is 0 Å². The molecule has 0 N–H and O–H groups in total. The van der Waals surface area contributed by atoms with E-state index in [1.165, 1.54) is 12.0 Å². The average molecular weight is 460 g/mol. The number of allylic oxidation sites excluding steroid dienone is 1. The molecule has 6 heteroatoms. The van der Waals surface area contributed by atoms with E-state index in [9.17, 15) is 9.59 Å². The van der Waals surface area contributed by atoms with E-state index >= 15 is 0 Å². The summed E-state index contributed by atoms with van der Waals surface area (Å²) in [5.41, 5.74) is 3.47. The van der Waals surface area contributed by atoms with Gasteiger partial charge in [0.1, 0.15) is 12.4 Å². The molecule has 1 aliphatic rings. The second-order valence-electron chi connectivity index (χ2n) is 7.47. The summed E-state index contributed by atoms with van der Waals surface area (Å²) in [6.45, 7) is 2.18. The Morgan fingerprint density at radius 1 is 0.970 bits per heavy atom. The van der Waals surface area contributed by atoms with Crippen molar-refractivity contribution in [1.82, 2.24) is 0 Å². The molecule has 1 amide bonds. The van der Waals surface area contributed by atoms with Gasteiger partial charge < -0.3 is 9.47 Å². The Morgan fingerprint density at radius 2 is 1.64 bits per heavy atom. The van der Waals surface area contributed by atoms with Crippen LogP contribution in [0.4, 0.5) is 5.69 Å². The van der Waals surface area contributed by atoms with Gasteiger partial charge in [0.25, 0.3) is 5.91 Å². The van der Waals surface area contributed by atoms with E-state index < -0.39 is 5.97 Å². The highest BCUT2D eigenvalue weighted by Crippen LogP contribution is 2.36. The quantitative estimate of drug-likeness (QED) is 0.345. The third kappa shape index (κ3) is 4.83. The van der Waals surface area contributed by atoms with Crippen LogP contribution in [0.2, 0.25) is 5.02 Å². The molecular weight excluding hydrogens is 438 g/mol. The van der Waals surface area contributed by atoms with Crippen LogP contribution in [0.1, 0.15) is 18.1 Å². The monoisotopic (exact) mass is 459 g/mol. The number of nitrogens with zero attached hydrogens (tertiary/aromatic N) is 1. The lowest BCUT2D eigenvalue weighted by molar-refractivity contribution is -0.136. The summed E-state index contributed by atoms with van der Waals surface area (Å²) in [4.78, 5) is 27.3. The van der Waals surface area contributed by atoms with Crippen LogP contribution in [-0.4, -0.2) is 19.0 Å². The highest BCUT2D eigenvalue weighted by Gasteiger charge is 2.37. The number of carbonyl (C=O) groups excluding carboxylic acids is 2. The van der Waals surface area contributed by atoms with Gasteiger partial charge in [-0.25, -0.2) is 4.79 Å². The predicted molar refractivity (Wildman–Crippen MR) is 129 cm³/mol. The number of anilines is 1. The number of hydrogen-bond donors (Lipinski definition) is 0. The van der Waals surface area contributed by atoms with E-state index in [1.54, 1.807) is 37.3 Å². The molecule has 0 saturated carbocycles. The van der Waals surface area contributed by atoms with Crippen LogP contribution >= 0.6 is 11.6 Å². The third-order valence-electron chi connectivity index (χ3n) is 5.31. The van der Waals surface area contributed by atoms with Crippen LogP contribution in [0.3, 0.4) is 0 Å². The Kier molecular flexibility index (Phi) is 6.61. The van der Waals surface area contributed by atoms with E-state index in [0.717, 1.165) is 11.1 Å². The lowest BCUT2D eigenvalue weighted by Crippen LogP contribution is -2.24. The second-order valence-corrected chi connectivity index (χ2v) is 7.91.